The molecule has 3 aromatic heterocycles. The molecule has 29 heavy (non-hydrogen) atoms. The van der Waals surface area contributed by atoms with Gasteiger partial charge in [0.25, 0.3) is 5.91 Å². The van der Waals surface area contributed by atoms with Crippen molar-refractivity contribution in [2.45, 2.75) is 4.90 Å². The third kappa shape index (κ3) is 3.93. The Bertz CT molecular complexity index is 1280. The van der Waals surface area contributed by atoms with Crippen molar-refractivity contribution in [3.63, 3.8) is 0 Å². The van der Waals surface area contributed by atoms with E-state index >= 15 is 0 Å². The van der Waals surface area contributed by atoms with Crippen molar-refractivity contribution >= 4 is 32.2 Å². The van der Waals surface area contributed by atoms with E-state index in [1.807, 2.05) is 12.1 Å². The summed E-state index contributed by atoms with van der Waals surface area (Å²) in [6.45, 7) is 0. The molecule has 8 nitrogen and oxygen atoms in total. The molecule has 0 radical (unpaired) electrons. The monoisotopic (exact) mass is 426 g/mol. The largest absolute Gasteiger partial charge is 0.438 e. The number of thiazole rings is 1. The molecule has 1 N–H and O–H groups in total. The van der Waals surface area contributed by atoms with E-state index in [0.29, 0.717) is 22.1 Å². The molecule has 146 valence electrons. The van der Waals surface area contributed by atoms with E-state index in [1.165, 1.54) is 17.4 Å². The number of amides is 1. The van der Waals surface area contributed by atoms with Crippen LogP contribution in [0.1, 0.15) is 10.6 Å². The van der Waals surface area contributed by atoms with Crippen molar-refractivity contribution in [3.8, 4) is 22.6 Å². The molecule has 1 amide bonds. The van der Waals surface area contributed by atoms with Crippen molar-refractivity contribution in [3.05, 3.63) is 66.2 Å². The van der Waals surface area contributed by atoms with Gasteiger partial charge in [-0.15, -0.1) is 11.3 Å². The van der Waals surface area contributed by atoms with Gasteiger partial charge in [-0.3, -0.25) is 15.1 Å². The molecule has 0 saturated heterocycles. The van der Waals surface area contributed by atoms with Gasteiger partial charge < -0.3 is 4.42 Å². The summed E-state index contributed by atoms with van der Waals surface area (Å²) in [4.78, 5) is 25.4. The first-order valence-corrected chi connectivity index (χ1v) is 11.1. The molecule has 3 heterocycles. The fourth-order valence-corrected chi connectivity index (χ4v) is 4.29. The smallest absolute Gasteiger partial charge is 0.295 e. The van der Waals surface area contributed by atoms with E-state index in [9.17, 15) is 13.2 Å². The Morgan fingerprint density at radius 3 is 2.62 bits per heavy atom. The number of benzene rings is 1. The number of sulfone groups is 1. The number of hydrogen-bond donors (Lipinski definition) is 1. The number of carbonyl (C=O) groups is 1. The predicted molar refractivity (Wildman–Crippen MR) is 108 cm³/mol. The Morgan fingerprint density at radius 1 is 1.07 bits per heavy atom. The van der Waals surface area contributed by atoms with Crippen LogP contribution in [0.3, 0.4) is 0 Å². The Morgan fingerprint density at radius 2 is 1.86 bits per heavy atom. The fraction of sp³-hybridized carbons (Fsp3) is 0.0526. The molecule has 4 aromatic rings. The van der Waals surface area contributed by atoms with Crippen molar-refractivity contribution in [1.29, 1.82) is 0 Å². The van der Waals surface area contributed by atoms with E-state index < -0.39 is 15.7 Å². The summed E-state index contributed by atoms with van der Waals surface area (Å²) in [7, 11) is -3.52. The van der Waals surface area contributed by atoms with Gasteiger partial charge in [-0.05, 0) is 18.2 Å². The Hall–Kier alpha value is -3.37. The molecular weight excluding hydrogens is 412 g/mol. The lowest BCUT2D eigenvalue weighted by Gasteiger charge is -2.06. The number of hydrogen-bond acceptors (Lipinski definition) is 8. The van der Waals surface area contributed by atoms with Gasteiger partial charge in [0, 0.05) is 23.4 Å². The second kappa shape index (κ2) is 7.57. The second-order valence-electron chi connectivity index (χ2n) is 6.01. The lowest BCUT2D eigenvalue weighted by molar-refractivity contribution is 0.0997. The van der Waals surface area contributed by atoms with Crippen molar-refractivity contribution in [2.24, 2.45) is 0 Å². The lowest BCUT2D eigenvalue weighted by Crippen LogP contribution is -2.12. The predicted octanol–water partition coefficient (Wildman–Crippen LogP) is 3.52. The van der Waals surface area contributed by atoms with Crippen molar-refractivity contribution in [2.75, 3.05) is 11.6 Å². The minimum atomic E-state index is -3.52. The Kier molecular flexibility index (Phi) is 4.95. The summed E-state index contributed by atoms with van der Waals surface area (Å²) in [5.41, 5.74) is 1.75. The molecule has 0 bridgehead atoms. The van der Waals surface area contributed by atoms with Gasteiger partial charge in [0.2, 0.25) is 5.76 Å². The summed E-state index contributed by atoms with van der Waals surface area (Å²) in [6.07, 6.45) is 3.86. The quantitative estimate of drug-likeness (QED) is 0.519. The summed E-state index contributed by atoms with van der Waals surface area (Å²) >= 11 is 1.24. The minimum Gasteiger partial charge on any atom is -0.438 e. The van der Waals surface area contributed by atoms with E-state index in [-0.39, 0.29) is 16.3 Å². The molecule has 1 aromatic carbocycles. The van der Waals surface area contributed by atoms with E-state index in [2.05, 4.69) is 20.3 Å². The van der Waals surface area contributed by atoms with E-state index in [1.54, 1.807) is 35.8 Å². The summed E-state index contributed by atoms with van der Waals surface area (Å²) < 4.78 is 29.4. The molecule has 0 spiro atoms. The Balaban J connectivity index is 1.63. The van der Waals surface area contributed by atoms with Gasteiger partial charge >= 0.3 is 0 Å². The zero-order chi connectivity index (χ0) is 20.4. The van der Waals surface area contributed by atoms with Crippen LogP contribution in [0.2, 0.25) is 0 Å². The second-order valence-corrected chi connectivity index (χ2v) is 8.85. The zero-order valence-electron chi connectivity index (χ0n) is 15.1. The molecule has 0 fully saturated rings. The highest BCUT2D eigenvalue weighted by atomic mass is 32.2. The normalized spacial score (nSPS) is 11.3. The summed E-state index contributed by atoms with van der Waals surface area (Å²) in [5, 5.41) is 4.79. The lowest BCUT2D eigenvalue weighted by atomic mass is 10.1. The minimum absolute atomic E-state index is 0.0645. The molecule has 4 rings (SSSR count). The molecule has 10 heteroatoms. The number of carbonyl (C=O) groups excluding carboxylic acids is 1. The molecule has 0 unspecified atom stereocenters. The van der Waals surface area contributed by atoms with Crippen LogP contribution in [0.15, 0.2) is 69.7 Å². The third-order valence-corrected chi connectivity index (χ3v) is 5.88. The van der Waals surface area contributed by atoms with E-state index in [4.69, 9.17) is 4.42 Å². The summed E-state index contributed by atoms with van der Waals surface area (Å²) in [5.74, 6) is -0.682. The number of nitrogens with zero attached hydrogens (tertiary/aromatic N) is 3. The van der Waals surface area contributed by atoms with Gasteiger partial charge in [-0.1, -0.05) is 24.3 Å². The number of aromatic nitrogens is 3. The maximum atomic E-state index is 12.7. The highest BCUT2D eigenvalue weighted by Crippen LogP contribution is 2.30. The summed E-state index contributed by atoms with van der Waals surface area (Å²) in [6, 6.07) is 11.8. The first kappa shape index (κ1) is 19.0. The third-order valence-electron chi connectivity index (χ3n) is 3.97. The molecule has 0 aliphatic rings. The van der Waals surface area contributed by atoms with Crippen LogP contribution in [0.25, 0.3) is 22.6 Å². The van der Waals surface area contributed by atoms with Gasteiger partial charge in [0.15, 0.2) is 21.4 Å². The molecular formula is C19H14N4O4S2. The average molecular weight is 426 g/mol. The molecule has 0 saturated carbocycles. The van der Waals surface area contributed by atoms with Crippen LogP contribution >= 0.6 is 11.3 Å². The van der Waals surface area contributed by atoms with Crippen LogP contribution in [0, 0.1) is 0 Å². The van der Waals surface area contributed by atoms with Crippen molar-refractivity contribution < 1.29 is 17.6 Å². The Labute approximate surface area is 170 Å². The standard InChI is InChI=1S/C19H14N4O4S2/c1-29(25,26)15-8-3-2-6-12(15)16-17(27-11-21-16)18(24)23-19-22-14(10-28-19)13-7-4-5-9-20-13/h2-11H,1H3,(H,22,23,24). The van der Waals surface area contributed by atoms with Crippen molar-refractivity contribution in [1.82, 2.24) is 15.0 Å². The number of oxazole rings is 1. The number of pyridine rings is 1. The van der Waals surface area contributed by atoms with Crippen LogP contribution in [-0.2, 0) is 9.84 Å². The SMILES string of the molecule is CS(=O)(=O)c1ccccc1-c1ncoc1C(=O)Nc1nc(-c2ccccn2)cs1. The van der Waals surface area contributed by atoms with Crippen LogP contribution in [0.5, 0.6) is 0 Å². The topological polar surface area (TPSA) is 115 Å². The first-order chi connectivity index (χ1) is 13.9. The van der Waals surface area contributed by atoms with E-state index in [0.717, 1.165) is 12.6 Å². The number of anilines is 1. The zero-order valence-corrected chi connectivity index (χ0v) is 16.7. The van der Waals surface area contributed by atoms with Crippen LogP contribution in [0.4, 0.5) is 5.13 Å². The molecule has 0 aliphatic heterocycles. The van der Waals surface area contributed by atoms with Gasteiger partial charge in [-0.25, -0.2) is 18.4 Å². The first-order valence-electron chi connectivity index (χ1n) is 8.35. The highest BCUT2D eigenvalue weighted by molar-refractivity contribution is 7.90. The molecule has 0 atom stereocenters. The van der Waals surface area contributed by atoms with Gasteiger partial charge in [0.1, 0.15) is 11.4 Å². The highest BCUT2D eigenvalue weighted by Gasteiger charge is 2.24. The number of rotatable bonds is 5. The average Bonchev–Trinajstić information content (AvgIpc) is 3.38. The van der Waals surface area contributed by atoms with Gasteiger partial charge in [0.05, 0.1) is 10.6 Å². The van der Waals surface area contributed by atoms with Gasteiger partial charge in [-0.2, -0.15) is 0 Å². The molecule has 0 aliphatic carbocycles. The number of nitrogens with one attached hydrogen (secondary N) is 1. The maximum Gasteiger partial charge on any atom is 0.295 e. The fourth-order valence-electron chi connectivity index (χ4n) is 2.70. The van der Waals surface area contributed by atoms with Crippen LogP contribution in [-0.4, -0.2) is 35.5 Å². The van der Waals surface area contributed by atoms with Crippen LogP contribution < -0.4 is 5.32 Å². The maximum absolute atomic E-state index is 12.7.